The molecule has 1 unspecified atom stereocenters. The van der Waals surface area contributed by atoms with Crippen LogP contribution in [0.15, 0.2) is 6.33 Å². The van der Waals surface area contributed by atoms with Gasteiger partial charge in [0.25, 0.3) is 0 Å². The third kappa shape index (κ3) is 2.40. The normalized spacial score (nSPS) is 33.5. The number of imidazole rings is 1. The van der Waals surface area contributed by atoms with E-state index in [0.29, 0.717) is 11.3 Å². The highest BCUT2D eigenvalue weighted by molar-refractivity contribution is 7.46. The van der Waals surface area contributed by atoms with Crippen molar-refractivity contribution in [1.82, 2.24) is 19.5 Å². The number of fused-ring (bicyclic) bond motifs is 2. The highest BCUT2D eigenvalue weighted by atomic mass is 31.2. The van der Waals surface area contributed by atoms with Crippen LogP contribution >= 0.6 is 7.82 Å². The Hall–Kier alpha value is -1.89. The number of aromatic nitrogens is 4. The average Bonchev–Trinajstić information content (AvgIpc) is 2.83. The molecule has 14 heteroatoms. The van der Waals surface area contributed by atoms with E-state index in [1.54, 1.807) is 19.0 Å². The maximum atomic E-state index is 14.8. The Morgan fingerprint density at radius 3 is 2.69 bits per heavy atom. The van der Waals surface area contributed by atoms with Gasteiger partial charge in [0.15, 0.2) is 35.0 Å². The highest BCUT2D eigenvalue weighted by Crippen LogP contribution is 2.60. The van der Waals surface area contributed by atoms with Gasteiger partial charge in [-0.2, -0.15) is 9.97 Å². The summed E-state index contributed by atoms with van der Waals surface area (Å²) >= 11 is 0. The van der Waals surface area contributed by atoms with Crippen LogP contribution in [0.4, 0.5) is 16.2 Å². The van der Waals surface area contributed by atoms with E-state index in [4.69, 9.17) is 20.3 Å². The SMILES string of the molecule is CN(C)c1nc(N)nc2c1ncn2[C@@H]1O[C@@H]2C(OP(=O)(O)O)[C@]2(O)[C@H]1F. The van der Waals surface area contributed by atoms with Gasteiger partial charge in [-0.25, -0.2) is 13.9 Å². The Morgan fingerprint density at radius 2 is 2.15 bits per heavy atom. The molecule has 2 fully saturated rings. The number of ether oxygens (including phenoxy) is 1. The summed E-state index contributed by atoms with van der Waals surface area (Å²) in [7, 11) is -1.44. The quantitative estimate of drug-likeness (QED) is 0.469. The monoisotopic (exact) mass is 390 g/mol. The Balaban J connectivity index is 1.68. The zero-order chi connectivity index (χ0) is 19.0. The van der Waals surface area contributed by atoms with Crippen LogP contribution < -0.4 is 10.6 Å². The molecule has 2 aliphatic rings. The third-order valence-electron chi connectivity index (χ3n) is 4.42. The molecule has 0 radical (unpaired) electrons. The van der Waals surface area contributed by atoms with E-state index in [1.165, 1.54) is 10.9 Å². The second kappa shape index (κ2) is 5.31. The van der Waals surface area contributed by atoms with E-state index in [1.807, 2.05) is 0 Å². The van der Waals surface area contributed by atoms with Crippen LogP contribution in [0.3, 0.4) is 0 Å². The number of aliphatic hydroxyl groups is 1. The molecule has 142 valence electrons. The molecule has 1 saturated heterocycles. The molecule has 12 nitrogen and oxygen atoms in total. The lowest BCUT2D eigenvalue weighted by Crippen LogP contribution is -2.34. The summed E-state index contributed by atoms with van der Waals surface area (Å²) in [6.07, 6.45) is -4.74. The molecule has 5 atom stereocenters. The summed E-state index contributed by atoms with van der Waals surface area (Å²) in [5, 5.41) is 10.3. The van der Waals surface area contributed by atoms with E-state index in [9.17, 15) is 14.1 Å². The summed E-state index contributed by atoms with van der Waals surface area (Å²) in [5.74, 6) is 0.370. The Bertz CT molecular complexity index is 934. The fourth-order valence-corrected chi connectivity index (χ4v) is 3.76. The van der Waals surface area contributed by atoms with Crippen LogP contribution in [0.1, 0.15) is 6.23 Å². The van der Waals surface area contributed by atoms with Crippen molar-refractivity contribution >= 4 is 30.8 Å². The molecule has 0 amide bonds. The van der Waals surface area contributed by atoms with Gasteiger partial charge in [0, 0.05) is 14.1 Å². The summed E-state index contributed by atoms with van der Waals surface area (Å²) in [4.78, 5) is 31.6. The standard InChI is InChI=1S/C12H16FN6O6P/c1-18(2)8-4-9(17-11(14)16-8)19(3-15-4)10-5(13)12(20)6(24-10)7(12)25-26(21,22)23/h3,5-7,10,20H,1-2H3,(H2,14,16,17)(H2,21,22,23)/t5-,6+,7?,10+,12-/m0/s1. The Labute approximate surface area is 145 Å². The molecule has 0 aromatic carbocycles. The molecule has 2 aromatic rings. The van der Waals surface area contributed by atoms with Crippen LogP contribution in [0.5, 0.6) is 0 Å². The van der Waals surface area contributed by atoms with Crippen LogP contribution in [-0.4, -0.2) is 72.5 Å². The predicted octanol–water partition coefficient (Wildman–Crippen LogP) is -1.07. The van der Waals surface area contributed by atoms with Crippen LogP contribution in [-0.2, 0) is 13.8 Å². The van der Waals surface area contributed by atoms with Crippen molar-refractivity contribution in [2.75, 3.05) is 24.7 Å². The minimum absolute atomic E-state index is 0.0528. The number of alkyl halides is 1. The van der Waals surface area contributed by atoms with Gasteiger partial charge in [0.05, 0.1) is 6.33 Å². The lowest BCUT2D eigenvalue weighted by molar-refractivity contribution is -0.0598. The summed E-state index contributed by atoms with van der Waals surface area (Å²) in [6.45, 7) is 0. The van der Waals surface area contributed by atoms with Gasteiger partial charge in [-0.1, -0.05) is 0 Å². The van der Waals surface area contributed by atoms with E-state index in [0.717, 1.165) is 0 Å². The molecule has 26 heavy (non-hydrogen) atoms. The van der Waals surface area contributed by atoms with Crippen molar-refractivity contribution < 1.29 is 33.1 Å². The van der Waals surface area contributed by atoms with Crippen LogP contribution in [0.2, 0.25) is 0 Å². The lowest BCUT2D eigenvalue weighted by Gasteiger charge is -2.22. The van der Waals surface area contributed by atoms with Crippen LogP contribution in [0, 0.1) is 0 Å². The lowest BCUT2D eigenvalue weighted by atomic mass is 10.2. The fraction of sp³-hybridized carbons (Fsp3) is 0.583. The van der Waals surface area contributed by atoms with Gasteiger partial charge in [-0.3, -0.25) is 9.09 Å². The Morgan fingerprint density at radius 1 is 1.46 bits per heavy atom. The van der Waals surface area contributed by atoms with Crippen molar-refractivity contribution in [3.63, 3.8) is 0 Å². The molecular weight excluding hydrogens is 374 g/mol. The number of phosphoric ester groups is 1. The molecule has 2 aromatic heterocycles. The predicted molar refractivity (Wildman–Crippen MR) is 84.7 cm³/mol. The van der Waals surface area contributed by atoms with Gasteiger partial charge in [0.1, 0.15) is 12.2 Å². The number of halogens is 1. The topological polar surface area (TPSA) is 169 Å². The molecular formula is C12H16FN6O6P. The van der Waals surface area contributed by atoms with E-state index in [2.05, 4.69) is 19.5 Å². The smallest absolute Gasteiger partial charge is 0.381 e. The summed E-state index contributed by atoms with van der Waals surface area (Å²) in [6, 6.07) is 0. The first kappa shape index (κ1) is 17.5. The largest absolute Gasteiger partial charge is 0.470 e. The van der Waals surface area contributed by atoms with Gasteiger partial charge in [-0.15, -0.1) is 0 Å². The zero-order valence-electron chi connectivity index (χ0n) is 13.6. The van der Waals surface area contributed by atoms with Crippen LogP contribution in [0.25, 0.3) is 11.2 Å². The van der Waals surface area contributed by atoms with Crippen molar-refractivity contribution in [3.8, 4) is 0 Å². The van der Waals surface area contributed by atoms with E-state index >= 15 is 0 Å². The maximum absolute atomic E-state index is 14.8. The maximum Gasteiger partial charge on any atom is 0.470 e. The summed E-state index contributed by atoms with van der Waals surface area (Å²) in [5.41, 5.74) is 4.09. The number of nitrogens with two attached hydrogens (primary N) is 1. The first-order chi connectivity index (χ1) is 12.0. The molecule has 0 spiro atoms. The third-order valence-corrected chi connectivity index (χ3v) is 4.93. The van der Waals surface area contributed by atoms with E-state index < -0.39 is 38.0 Å². The van der Waals surface area contributed by atoms with Crippen molar-refractivity contribution in [2.45, 2.75) is 30.2 Å². The van der Waals surface area contributed by atoms with Gasteiger partial charge >= 0.3 is 7.82 Å². The molecule has 3 heterocycles. The van der Waals surface area contributed by atoms with Gasteiger partial charge < -0.3 is 30.3 Å². The van der Waals surface area contributed by atoms with Crippen molar-refractivity contribution in [2.24, 2.45) is 0 Å². The number of phosphoric acid groups is 1. The number of hydrogen-bond acceptors (Lipinski definition) is 9. The molecule has 1 saturated carbocycles. The fourth-order valence-electron chi connectivity index (χ4n) is 3.18. The number of nitrogens with zero attached hydrogens (tertiary/aromatic N) is 5. The first-order valence-electron chi connectivity index (χ1n) is 7.47. The molecule has 1 aliphatic carbocycles. The van der Waals surface area contributed by atoms with Gasteiger partial charge in [0.2, 0.25) is 5.95 Å². The van der Waals surface area contributed by atoms with Gasteiger partial charge in [-0.05, 0) is 0 Å². The number of hydrogen-bond donors (Lipinski definition) is 4. The average molecular weight is 390 g/mol. The second-order valence-electron chi connectivity index (χ2n) is 6.38. The Kier molecular flexibility index (Phi) is 3.58. The number of anilines is 2. The minimum Gasteiger partial charge on any atom is -0.381 e. The first-order valence-corrected chi connectivity index (χ1v) is 9.00. The van der Waals surface area contributed by atoms with E-state index in [-0.39, 0.29) is 11.6 Å². The highest BCUT2D eigenvalue weighted by Gasteiger charge is 2.80. The van der Waals surface area contributed by atoms with Crippen molar-refractivity contribution in [3.05, 3.63) is 6.33 Å². The zero-order valence-corrected chi connectivity index (χ0v) is 14.5. The summed E-state index contributed by atoms with van der Waals surface area (Å²) < 4.78 is 36.8. The number of rotatable bonds is 4. The minimum atomic E-state index is -4.89. The number of nitrogen functional groups attached to an aromatic ring is 1. The molecule has 4 rings (SSSR count). The molecule has 5 N–H and O–H groups in total. The molecule has 0 bridgehead atoms. The second-order valence-corrected chi connectivity index (χ2v) is 7.57. The van der Waals surface area contributed by atoms with Crippen molar-refractivity contribution in [1.29, 1.82) is 0 Å². The molecule has 1 aliphatic heterocycles.